The van der Waals surface area contributed by atoms with E-state index in [1.54, 1.807) is 18.2 Å². The van der Waals surface area contributed by atoms with Gasteiger partial charge in [-0.3, -0.25) is 9.59 Å². The molecule has 0 saturated carbocycles. The van der Waals surface area contributed by atoms with Crippen LogP contribution in [0.5, 0.6) is 0 Å². The molecule has 6 nitrogen and oxygen atoms in total. The molecule has 0 spiro atoms. The van der Waals surface area contributed by atoms with Gasteiger partial charge in [0.1, 0.15) is 0 Å². The van der Waals surface area contributed by atoms with E-state index < -0.39 is 5.97 Å². The summed E-state index contributed by atoms with van der Waals surface area (Å²) in [5.41, 5.74) is 2.92. The summed E-state index contributed by atoms with van der Waals surface area (Å²) < 4.78 is 0. The van der Waals surface area contributed by atoms with E-state index in [0.717, 1.165) is 16.7 Å². The molecule has 1 aliphatic rings. The topological polar surface area (TPSA) is 95.5 Å². The minimum Gasteiger partial charge on any atom is -0.478 e. The van der Waals surface area contributed by atoms with Crippen molar-refractivity contribution in [3.63, 3.8) is 0 Å². The van der Waals surface area contributed by atoms with Crippen molar-refractivity contribution in [2.24, 2.45) is 5.92 Å². The van der Waals surface area contributed by atoms with Gasteiger partial charge in [-0.1, -0.05) is 36.4 Å². The van der Waals surface area contributed by atoms with Gasteiger partial charge in [-0.2, -0.15) is 0 Å². The van der Waals surface area contributed by atoms with E-state index in [2.05, 4.69) is 10.6 Å². The Bertz CT molecular complexity index is 861. The third-order valence-corrected chi connectivity index (χ3v) is 4.71. The van der Waals surface area contributed by atoms with Crippen molar-refractivity contribution in [3.05, 3.63) is 59.7 Å². The van der Waals surface area contributed by atoms with E-state index in [9.17, 15) is 14.4 Å². The van der Waals surface area contributed by atoms with Crippen molar-refractivity contribution >= 4 is 17.8 Å². The Kier molecular flexibility index (Phi) is 5.54. The van der Waals surface area contributed by atoms with Gasteiger partial charge in [-0.05, 0) is 42.2 Å². The van der Waals surface area contributed by atoms with Crippen molar-refractivity contribution in [1.29, 1.82) is 0 Å². The zero-order chi connectivity index (χ0) is 19.4. The monoisotopic (exact) mass is 366 g/mol. The van der Waals surface area contributed by atoms with Gasteiger partial charge in [0.25, 0.3) is 0 Å². The summed E-state index contributed by atoms with van der Waals surface area (Å²) in [6.07, 6.45) is 0.880. The van der Waals surface area contributed by atoms with Crippen molar-refractivity contribution in [2.75, 3.05) is 0 Å². The van der Waals surface area contributed by atoms with Crippen LogP contribution in [-0.2, 0) is 16.1 Å². The number of amides is 2. The summed E-state index contributed by atoms with van der Waals surface area (Å²) >= 11 is 0. The predicted octanol–water partition coefficient (Wildman–Crippen LogP) is 2.58. The molecular formula is C21H22N2O4. The lowest BCUT2D eigenvalue weighted by Crippen LogP contribution is -2.45. The molecule has 1 fully saturated rings. The van der Waals surface area contributed by atoms with Crippen LogP contribution in [0.25, 0.3) is 11.1 Å². The Morgan fingerprint density at radius 1 is 1.15 bits per heavy atom. The molecule has 0 unspecified atom stereocenters. The molecular weight excluding hydrogens is 344 g/mol. The van der Waals surface area contributed by atoms with Gasteiger partial charge in [0, 0.05) is 24.9 Å². The molecule has 2 aromatic carbocycles. The highest BCUT2D eigenvalue weighted by Crippen LogP contribution is 2.21. The fourth-order valence-corrected chi connectivity index (χ4v) is 3.31. The summed E-state index contributed by atoms with van der Waals surface area (Å²) in [5, 5.41) is 14.8. The first-order valence-corrected chi connectivity index (χ1v) is 8.92. The lowest BCUT2D eigenvalue weighted by Gasteiger charge is -2.26. The highest BCUT2D eigenvalue weighted by atomic mass is 16.4. The molecule has 2 atom stereocenters. The second-order valence-electron chi connectivity index (χ2n) is 6.91. The van der Waals surface area contributed by atoms with Gasteiger partial charge in [-0.15, -0.1) is 0 Å². The fourth-order valence-electron chi connectivity index (χ4n) is 3.31. The normalized spacial score (nSPS) is 19.2. The number of benzene rings is 2. The van der Waals surface area contributed by atoms with Crippen LogP contribution >= 0.6 is 0 Å². The molecule has 3 rings (SSSR count). The predicted molar refractivity (Wildman–Crippen MR) is 101 cm³/mol. The average Bonchev–Trinajstić information content (AvgIpc) is 2.66. The Morgan fingerprint density at radius 2 is 1.89 bits per heavy atom. The first-order chi connectivity index (χ1) is 12.9. The first-order valence-electron chi connectivity index (χ1n) is 8.92. The zero-order valence-corrected chi connectivity index (χ0v) is 15.1. The Morgan fingerprint density at radius 3 is 2.56 bits per heavy atom. The first kappa shape index (κ1) is 18.6. The third kappa shape index (κ3) is 4.73. The molecule has 140 valence electrons. The van der Waals surface area contributed by atoms with Crippen LogP contribution in [0.2, 0.25) is 0 Å². The second-order valence-corrected chi connectivity index (χ2v) is 6.91. The van der Waals surface area contributed by atoms with E-state index >= 15 is 0 Å². The quantitative estimate of drug-likeness (QED) is 0.758. The van der Waals surface area contributed by atoms with E-state index in [0.29, 0.717) is 13.0 Å². The van der Waals surface area contributed by atoms with E-state index in [4.69, 9.17) is 5.11 Å². The number of piperidine rings is 1. The van der Waals surface area contributed by atoms with Gasteiger partial charge in [0.15, 0.2) is 0 Å². The summed E-state index contributed by atoms with van der Waals surface area (Å²) in [6, 6.07) is 14.4. The molecule has 1 aliphatic heterocycles. The van der Waals surface area contributed by atoms with Crippen molar-refractivity contribution < 1.29 is 19.5 Å². The number of aromatic carboxylic acids is 1. The number of carboxylic acid groups (broad SMARTS) is 1. The number of carboxylic acids is 1. The maximum absolute atomic E-state index is 12.3. The Labute approximate surface area is 157 Å². The molecule has 2 amide bonds. The second kappa shape index (κ2) is 8.03. The molecule has 0 bridgehead atoms. The van der Waals surface area contributed by atoms with Crippen molar-refractivity contribution in [3.8, 4) is 11.1 Å². The van der Waals surface area contributed by atoms with Gasteiger partial charge in [-0.25, -0.2) is 4.79 Å². The smallest absolute Gasteiger partial charge is 0.335 e. The summed E-state index contributed by atoms with van der Waals surface area (Å²) in [4.78, 5) is 35.0. The molecule has 27 heavy (non-hydrogen) atoms. The van der Waals surface area contributed by atoms with Gasteiger partial charge in [0.2, 0.25) is 11.8 Å². The van der Waals surface area contributed by atoms with Crippen LogP contribution in [-0.4, -0.2) is 28.9 Å². The molecule has 6 heteroatoms. The zero-order valence-electron chi connectivity index (χ0n) is 15.1. The lowest BCUT2D eigenvalue weighted by atomic mass is 9.92. The summed E-state index contributed by atoms with van der Waals surface area (Å²) in [7, 11) is 0. The third-order valence-electron chi connectivity index (χ3n) is 4.71. The number of carbonyl (C=O) groups is 3. The number of rotatable bonds is 5. The Balaban J connectivity index is 1.61. The van der Waals surface area contributed by atoms with Crippen LogP contribution in [0.4, 0.5) is 0 Å². The van der Waals surface area contributed by atoms with E-state index in [-0.39, 0.29) is 35.8 Å². The highest BCUT2D eigenvalue weighted by Gasteiger charge is 2.28. The van der Waals surface area contributed by atoms with Crippen molar-refractivity contribution in [2.45, 2.75) is 32.4 Å². The average molecular weight is 366 g/mol. The molecule has 1 saturated heterocycles. The van der Waals surface area contributed by atoms with Gasteiger partial charge >= 0.3 is 5.97 Å². The summed E-state index contributed by atoms with van der Waals surface area (Å²) in [5.74, 6) is -1.43. The Hall–Kier alpha value is -3.15. The van der Waals surface area contributed by atoms with Crippen LogP contribution in [0, 0.1) is 5.92 Å². The molecule has 0 aromatic heterocycles. The maximum atomic E-state index is 12.3. The standard InChI is InChI=1S/C21H22N2O4/c1-13-9-18(11-19(24)23-13)20(25)22-12-14-5-7-15(8-6-14)16-3-2-4-17(10-16)21(26)27/h2-8,10,13,18H,9,11-12H2,1H3,(H,22,25)(H,23,24)(H,26,27)/t13-,18+/m1/s1. The minimum absolute atomic E-state index is 0.0165. The molecule has 0 aliphatic carbocycles. The molecule has 1 heterocycles. The van der Waals surface area contributed by atoms with Crippen molar-refractivity contribution in [1.82, 2.24) is 10.6 Å². The van der Waals surface area contributed by atoms with E-state index in [1.807, 2.05) is 37.3 Å². The largest absolute Gasteiger partial charge is 0.478 e. The summed E-state index contributed by atoms with van der Waals surface area (Å²) in [6.45, 7) is 2.29. The van der Waals surface area contributed by atoms with Gasteiger partial charge in [0.05, 0.1) is 5.56 Å². The minimum atomic E-state index is -0.957. The van der Waals surface area contributed by atoms with Gasteiger partial charge < -0.3 is 15.7 Å². The SMILES string of the molecule is C[C@@H]1C[C@H](C(=O)NCc2ccc(-c3cccc(C(=O)O)c3)cc2)CC(=O)N1. The maximum Gasteiger partial charge on any atom is 0.335 e. The molecule has 3 N–H and O–H groups in total. The number of hydrogen-bond donors (Lipinski definition) is 3. The van der Waals surface area contributed by atoms with E-state index in [1.165, 1.54) is 0 Å². The number of hydrogen-bond acceptors (Lipinski definition) is 3. The van der Waals surface area contributed by atoms with Crippen LogP contribution in [0.1, 0.15) is 35.7 Å². The lowest BCUT2D eigenvalue weighted by molar-refractivity contribution is -0.133. The fraction of sp³-hybridized carbons (Fsp3) is 0.286. The van der Waals surface area contributed by atoms with Crippen LogP contribution in [0.3, 0.4) is 0 Å². The highest BCUT2D eigenvalue weighted by molar-refractivity contribution is 5.89. The number of carbonyl (C=O) groups excluding carboxylic acids is 2. The molecule has 0 radical (unpaired) electrons. The van der Waals surface area contributed by atoms with Crippen LogP contribution < -0.4 is 10.6 Å². The van der Waals surface area contributed by atoms with Crippen LogP contribution in [0.15, 0.2) is 48.5 Å². The number of nitrogens with one attached hydrogen (secondary N) is 2. The molecule has 2 aromatic rings.